The fourth-order valence-electron chi connectivity index (χ4n) is 3.84. The van der Waals surface area contributed by atoms with Crippen molar-refractivity contribution in [2.75, 3.05) is 12.4 Å². The van der Waals surface area contributed by atoms with E-state index >= 15 is 0 Å². The van der Waals surface area contributed by atoms with Gasteiger partial charge >= 0.3 is 0 Å². The molecule has 0 heterocycles. The molecule has 0 unspecified atom stereocenters. The Morgan fingerprint density at radius 3 is 2.42 bits per heavy atom. The number of nitrogens with zero attached hydrogens (tertiary/aromatic N) is 2. The topological polar surface area (TPSA) is 138 Å². The summed E-state index contributed by atoms with van der Waals surface area (Å²) in [6.45, 7) is 1.69. The molecule has 0 saturated carbocycles. The van der Waals surface area contributed by atoms with Gasteiger partial charge in [-0.1, -0.05) is 54.4 Å². The van der Waals surface area contributed by atoms with Crippen molar-refractivity contribution < 1.29 is 27.6 Å². The number of carbonyl (C=O) groups excluding carboxylic acids is 1. The van der Waals surface area contributed by atoms with Crippen molar-refractivity contribution in [1.29, 1.82) is 0 Å². The number of hydrogen-bond acceptors (Lipinski definition) is 7. The van der Waals surface area contributed by atoms with Gasteiger partial charge in [0, 0.05) is 16.5 Å². The van der Waals surface area contributed by atoms with Crippen LogP contribution in [-0.2, 0) is 16.5 Å². The van der Waals surface area contributed by atoms with Crippen LogP contribution in [0.15, 0.2) is 75.8 Å². The molecule has 12 heteroatoms. The number of phenolic OH excluding ortho intramolecular Hbond substituents is 1. The largest absolute Gasteiger partial charge is 0.505 e. The Hall–Kier alpha value is -3.70. The lowest BCUT2D eigenvalue weighted by molar-refractivity contribution is 0.102. The lowest BCUT2D eigenvalue weighted by Crippen LogP contribution is -2.12. The smallest absolute Gasteiger partial charge is 0.294 e. The zero-order chi connectivity index (χ0) is 27.6. The summed E-state index contributed by atoms with van der Waals surface area (Å²) in [7, 11) is -3.09. The van der Waals surface area contributed by atoms with Crippen molar-refractivity contribution in [3.8, 4) is 11.5 Å². The first-order valence-electron chi connectivity index (χ1n) is 11.1. The van der Waals surface area contributed by atoms with Crippen LogP contribution in [0.5, 0.6) is 11.5 Å². The molecular formula is C26H21Cl2N3O6S. The minimum absolute atomic E-state index is 0.0168. The molecule has 4 rings (SSSR count). The van der Waals surface area contributed by atoms with E-state index in [0.717, 1.165) is 6.07 Å². The van der Waals surface area contributed by atoms with Crippen molar-refractivity contribution in [1.82, 2.24) is 0 Å². The average Bonchev–Trinajstić information content (AvgIpc) is 2.88. The first-order valence-corrected chi connectivity index (χ1v) is 13.3. The van der Waals surface area contributed by atoms with Crippen LogP contribution in [-0.4, -0.2) is 31.1 Å². The highest BCUT2D eigenvalue weighted by Crippen LogP contribution is 2.40. The SMILES string of the molecule is CCc1c(Cl)cc(N=Nc2c(O)c(C(=O)Nc3ccc(OC)cc3Cl)cc3ccccc23)cc1S(=O)(=O)O. The number of halogens is 2. The summed E-state index contributed by atoms with van der Waals surface area (Å²) in [4.78, 5) is 12.7. The fourth-order valence-corrected chi connectivity index (χ4v) is 5.30. The minimum atomic E-state index is -4.58. The second kappa shape index (κ2) is 11.0. The van der Waals surface area contributed by atoms with Gasteiger partial charge in [0.05, 0.1) is 29.1 Å². The third-order valence-corrected chi connectivity index (χ3v) is 7.27. The van der Waals surface area contributed by atoms with Gasteiger partial charge in [0.2, 0.25) is 0 Å². The number of benzene rings is 4. The van der Waals surface area contributed by atoms with E-state index < -0.39 is 21.8 Å². The molecule has 0 aliphatic carbocycles. The van der Waals surface area contributed by atoms with Crippen LogP contribution >= 0.6 is 23.2 Å². The van der Waals surface area contributed by atoms with Crippen molar-refractivity contribution in [2.24, 2.45) is 10.2 Å². The molecule has 4 aromatic carbocycles. The molecule has 0 spiro atoms. The summed E-state index contributed by atoms with van der Waals surface area (Å²) in [5.74, 6) is -0.602. The number of carbonyl (C=O) groups is 1. The van der Waals surface area contributed by atoms with Crippen LogP contribution in [0.1, 0.15) is 22.8 Å². The summed E-state index contributed by atoms with van der Waals surface area (Å²) in [5, 5.41) is 23.3. The standard InChI is InChI=1S/C26H21Cl2N3O6S/c1-3-17-20(27)11-15(12-23(17)38(34,35)36)30-31-24-18-7-5-4-6-14(18)10-19(25(24)32)26(33)29-22-9-8-16(37-2)13-21(22)28/h4-13,32H,3H2,1-2H3,(H,29,33)(H,34,35,36). The highest BCUT2D eigenvalue weighted by atomic mass is 35.5. The number of hydrogen-bond donors (Lipinski definition) is 3. The molecule has 38 heavy (non-hydrogen) atoms. The summed E-state index contributed by atoms with van der Waals surface area (Å²) in [6.07, 6.45) is 0.256. The molecule has 1 amide bonds. The van der Waals surface area contributed by atoms with Crippen LogP contribution in [0, 0.1) is 0 Å². The van der Waals surface area contributed by atoms with Crippen LogP contribution in [0.4, 0.5) is 17.1 Å². The van der Waals surface area contributed by atoms with E-state index in [9.17, 15) is 22.9 Å². The van der Waals surface area contributed by atoms with Gasteiger partial charge < -0.3 is 15.2 Å². The summed E-state index contributed by atoms with van der Waals surface area (Å²) in [6, 6.07) is 15.6. The van der Waals surface area contributed by atoms with Crippen molar-refractivity contribution in [3.63, 3.8) is 0 Å². The number of ether oxygens (including phenoxy) is 1. The molecule has 3 N–H and O–H groups in total. The van der Waals surface area contributed by atoms with Crippen molar-refractivity contribution in [3.05, 3.63) is 81.8 Å². The minimum Gasteiger partial charge on any atom is -0.505 e. The van der Waals surface area contributed by atoms with Gasteiger partial charge in [0.15, 0.2) is 5.75 Å². The first-order chi connectivity index (χ1) is 18.0. The summed E-state index contributed by atoms with van der Waals surface area (Å²) < 4.78 is 38.5. The molecule has 0 saturated heterocycles. The van der Waals surface area contributed by atoms with Crippen molar-refractivity contribution >= 4 is 67.1 Å². The Bertz CT molecular complexity index is 1710. The maximum Gasteiger partial charge on any atom is 0.294 e. The van der Waals surface area contributed by atoms with Gasteiger partial charge in [0.1, 0.15) is 16.3 Å². The first kappa shape index (κ1) is 27.3. The summed E-state index contributed by atoms with van der Waals surface area (Å²) in [5.41, 5.74) is 0.428. The quantitative estimate of drug-likeness (QED) is 0.156. The number of methoxy groups -OCH3 is 1. The second-order valence-electron chi connectivity index (χ2n) is 8.08. The monoisotopic (exact) mass is 573 g/mol. The highest BCUT2D eigenvalue weighted by molar-refractivity contribution is 7.85. The molecule has 196 valence electrons. The van der Waals surface area contributed by atoms with Gasteiger partial charge in [-0.2, -0.15) is 13.5 Å². The van der Waals surface area contributed by atoms with E-state index in [1.54, 1.807) is 43.3 Å². The molecule has 0 radical (unpaired) electrons. The maximum atomic E-state index is 13.1. The Morgan fingerprint density at radius 1 is 1.03 bits per heavy atom. The molecule has 0 aromatic heterocycles. The Balaban J connectivity index is 1.79. The van der Waals surface area contributed by atoms with E-state index in [1.165, 1.54) is 25.3 Å². The molecule has 4 aromatic rings. The number of nitrogens with one attached hydrogen (secondary N) is 1. The van der Waals surface area contributed by atoms with Gasteiger partial charge in [0.25, 0.3) is 16.0 Å². The number of anilines is 1. The Kier molecular flexibility index (Phi) is 7.89. The van der Waals surface area contributed by atoms with Gasteiger partial charge in [-0.3, -0.25) is 9.35 Å². The zero-order valence-electron chi connectivity index (χ0n) is 20.1. The second-order valence-corrected chi connectivity index (χ2v) is 10.3. The predicted molar refractivity (Wildman–Crippen MR) is 146 cm³/mol. The summed E-state index contributed by atoms with van der Waals surface area (Å²) >= 11 is 12.5. The molecule has 0 aliphatic heterocycles. The van der Waals surface area contributed by atoms with E-state index in [4.69, 9.17) is 27.9 Å². The number of rotatable bonds is 7. The van der Waals surface area contributed by atoms with Crippen molar-refractivity contribution in [2.45, 2.75) is 18.2 Å². The molecular weight excluding hydrogens is 553 g/mol. The van der Waals surface area contributed by atoms with Crippen LogP contribution < -0.4 is 10.1 Å². The number of azo groups is 1. The van der Waals surface area contributed by atoms with Crippen LogP contribution in [0.25, 0.3) is 10.8 Å². The lowest BCUT2D eigenvalue weighted by Gasteiger charge is -2.12. The van der Waals surface area contributed by atoms with Gasteiger partial charge in [-0.25, -0.2) is 0 Å². The molecule has 0 atom stereocenters. The maximum absolute atomic E-state index is 13.1. The van der Waals surface area contributed by atoms with E-state index in [2.05, 4.69) is 15.5 Å². The molecule has 0 aliphatic rings. The molecule has 0 fully saturated rings. The van der Waals surface area contributed by atoms with Gasteiger partial charge in [-0.05, 0) is 47.7 Å². The highest BCUT2D eigenvalue weighted by Gasteiger charge is 2.21. The zero-order valence-corrected chi connectivity index (χ0v) is 22.4. The number of phenols is 1. The van der Waals surface area contributed by atoms with Crippen LogP contribution in [0.3, 0.4) is 0 Å². The fraction of sp³-hybridized carbons (Fsp3) is 0.115. The van der Waals surface area contributed by atoms with Crippen LogP contribution in [0.2, 0.25) is 10.0 Å². The predicted octanol–water partition coefficient (Wildman–Crippen LogP) is 7.34. The number of aromatic hydroxyl groups is 1. The average molecular weight is 574 g/mol. The number of amides is 1. The third kappa shape index (κ3) is 5.58. The number of fused-ring (bicyclic) bond motifs is 1. The molecule has 9 nitrogen and oxygen atoms in total. The lowest BCUT2D eigenvalue weighted by atomic mass is 10.0. The Labute approximate surface area is 228 Å². The van der Waals surface area contributed by atoms with E-state index in [-0.39, 0.29) is 43.9 Å². The van der Waals surface area contributed by atoms with E-state index in [0.29, 0.717) is 22.2 Å². The van der Waals surface area contributed by atoms with E-state index in [1.807, 2.05) is 0 Å². The molecule has 0 bridgehead atoms. The third-order valence-electron chi connectivity index (χ3n) is 5.70. The Morgan fingerprint density at radius 2 is 1.76 bits per heavy atom. The van der Waals surface area contributed by atoms with Gasteiger partial charge in [-0.15, -0.1) is 5.11 Å². The normalized spacial score (nSPS) is 11.7.